The second kappa shape index (κ2) is 6.01. The number of piperazine rings is 1. The number of rotatable bonds is 2. The molecule has 1 aromatic heterocycles. The fourth-order valence-corrected chi connectivity index (χ4v) is 2.79. The number of amides is 1. The number of hydrogen-bond acceptors (Lipinski definition) is 4. The molecule has 1 aromatic carbocycles. The lowest BCUT2D eigenvalue weighted by Gasteiger charge is -2.35. The second-order valence-corrected chi connectivity index (χ2v) is 5.91. The number of benzene rings is 1. The highest BCUT2D eigenvalue weighted by atomic mass is 35.5. The van der Waals surface area contributed by atoms with Gasteiger partial charge in [-0.2, -0.15) is 0 Å². The van der Waals surface area contributed by atoms with Gasteiger partial charge in [-0.05, 0) is 32.0 Å². The molecule has 5 nitrogen and oxygen atoms in total. The van der Waals surface area contributed by atoms with Crippen LogP contribution in [0.4, 0.5) is 5.69 Å². The van der Waals surface area contributed by atoms with Gasteiger partial charge in [-0.1, -0.05) is 22.8 Å². The third-order valence-electron chi connectivity index (χ3n) is 4.10. The molecule has 0 unspecified atom stereocenters. The van der Waals surface area contributed by atoms with Crippen molar-refractivity contribution in [2.75, 3.05) is 31.1 Å². The van der Waals surface area contributed by atoms with Crippen molar-refractivity contribution < 1.29 is 9.32 Å². The molecule has 6 heteroatoms. The highest BCUT2D eigenvalue weighted by molar-refractivity contribution is 6.30. The van der Waals surface area contributed by atoms with Crippen molar-refractivity contribution in [3.8, 4) is 0 Å². The van der Waals surface area contributed by atoms with Crippen molar-refractivity contribution in [3.05, 3.63) is 46.3 Å². The summed E-state index contributed by atoms with van der Waals surface area (Å²) in [7, 11) is 0. The number of aryl methyl sites for hydroxylation is 1. The predicted molar refractivity (Wildman–Crippen MR) is 85.5 cm³/mol. The van der Waals surface area contributed by atoms with E-state index in [4.69, 9.17) is 16.1 Å². The number of carbonyl (C=O) groups excluding carboxylic acids is 1. The third-order valence-corrected chi connectivity index (χ3v) is 4.34. The Morgan fingerprint density at radius 2 is 1.95 bits per heavy atom. The van der Waals surface area contributed by atoms with E-state index in [1.165, 1.54) is 0 Å². The van der Waals surface area contributed by atoms with Crippen molar-refractivity contribution >= 4 is 23.2 Å². The van der Waals surface area contributed by atoms with E-state index in [2.05, 4.69) is 10.1 Å². The molecule has 116 valence electrons. The summed E-state index contributed by atoms with van der Waals surface area (Å²) in [5.74, 6) is 0.640. The van der Waals surface area contributed by atoms with Gasteiger partial charge in [0.05, 0.1) is 0 Å². The SMILES string of the molecule is Cc1onc(C(=O)N2CCN(c3cccc(Cl)c3)CC2)c1C. The summed E-state index contributed by atoms with van der Waals surface area (Å²) in [4.78, 5) is 16.6. The standard InChI is InChI=1S/C16H18ClN3O2/c1-11-12(2)22-18-15(11)16(21)20-8-6-19(7-9-20)14-5-3-4-13(17)10-14/h3-5,10H,6-9H2,1-2H3. The molecular formula is C16H18ClN3O2. The molecule has 1 aliphatic heterocycles. The van der Waals surface area contributed by atoms with E-state index in [1.54, 1.807) is 0 Å². The van der Waals surface area contributed by atoms with Crippen LogP contribution in [0.5, 0.6) is 0 Å². The molecule has 2 heterocycles. The first kappa shape index (κ1) is 14.9. The maximum Gasteiger partial charge on any atom is 0.276 e. The molecule has 1 fully saturated rings. The van der Waals surface area contributed by atoms with Crippen LogP contribution in [0.25, 0.3) is 0 Å². The highest BCUT2D eigenvalue weighted by Crippen LogP contribution is 2.21. The van der Waals surface area contributed by atoms with Gasteiger partial charge in [0.1, 0.15) is 5.76 Å². The van der Waals surface area contributed by atoms with Crippen molar-refractivity contribution in [3.63, 3.8) is 0 Å². The Morgan fingerprint density at radius 1 is 1.23 bits per heavy atom. The fourth-order valence-electron chi connectivity index (χ4n) is 2.61. The molecule has 1 saturated heterocycles. The molecule has 0 N–H and O–H groups in total. The minimum atomic E-state index is -0.0555. The van der Waals surface area contributed by atoms with E-state index in [-0.39, 0.29) is 5.91 Å². The van der Waals surface area contributed by atoms with Crippen LogP contribution >= 0.6 is 11.6 Å². The lowest BCUT2D eigenvalue weighted by molar-refractivity contribution is 0.0735. The smallest absolute Gasteiger partial charge is 0.276 e. The van der Waals surface area contributed by atoms with Gasteiger partial charge >= 0.3 is 0 Å². The predicted octanol–water partition coefficient (Wildman–Crippen LogP) is 2.91. The Labute approximate surface area is 134 Å². The van der Waals surface area contributed by atoms with Gasteiger partial charge in [-0.3, -0.25) is 4.79 Å². The van der Waals surface area contributed by atoms with Gasteiger partial charge in [0.2, 0.25) is 0 Å². The number of nitrogens with zero attached hydrogens (tertiary/aromatic N) is 3. The topological polar surface area (TPSA) is 49.6 Å². The summed E-state index contributed by atoms with van der Waals surface area (Å²) >= 11 is 6.03. The molecule has 2 aromatic rings. The molecule has 0 atom stereocenters. The molecule has 3 rings (SSSR count). The summed E-state index contributed by atoms with van der Waals surface area (Å²) in [6.07, 6.45) is 0. The summed E-state index contributed by atoms with van der Waals surface area (Å²) in [5.41, 5.74) is 2.34. The number of halogens is 1. The Kier molecular flexibility index (Phi) is 4.07. The largest absolute Gasteiger partial charge is 0.368 e. The van der Waals surface area contributed by atoms with Crippen LogP contribution in [0.1, 0.15) is 21.8 Å². The van der Waals surface area contributed by atoms with Crippen LogP contribution in [0.2, 0.25) is 5.02 Å². The van der Waals surface area contributed by atoms with Gasteiger partial charge in [-0.15, -0.1) is 0 Å². The molecule has 0 radical (unpaired) electrons. The summed E-state index contributed by atoms with van der Waals surface area (Å²) in [5, 5.41) is 4.61. The van der Waals surface area contributed by atoms with E-state index in [9.17, 15) is 4.79 Å². The fraction of sp³-hybridized carbons (Fsp3) is 0.375. The Morgan fingerprint density at radius 3 is 2.55 bits per heavy atom. The number of carbonyl (C=O) groups is 1. The average molecular weight is 320 g/mol. The van der Waals surface area contributed by atoms with Gasteiger partial charge in [-0.25, -0.2) is 0 Å². The zero-order valence-corrected chi connectivity index (χ0v) is 13.4. The van der Waals surface area contributed by atoms with Crippen LogP contribution < -0.4 is 4.90 Å². The molecule has 1 amide bonds. The first-order valence-corrected chi connectivity index (χ1v) is 7.66. The van der Waals surface area contributed by atoms with E-state index < -0.39 is 0 Å². The number of hydrogen-bond donors (Lipinski definition) is 0. The quantitative estimate of drug-likeness (QED) is 0.854. The van der Waals surface area contributed by atoms with Gasteiger partial charge in [0.25, 0.3) is 5.91 Å². The van der Waals surface area contributed by atoms with E-state index >= 15 is 0 Å². The zero-order chi connectivity index (χ0) is 15.7. The minimum absolute atomic E-state index is 0.0555. The van der Waals surface area contributed by atoms with E-state index in [0.29, 0.717) is 24.5 Å². The Balaban J connectivity index is 1.67. The average Bonchev–Trinajstić information content (AvgIpc) is 2.86. The van der Waals surface area contributed by atoms with Crippen LogP contribution in [0.15, 0.2) is 28.8 Å². The molecule has 0 bridgehead atoms. The maximum atomic E-state index is 12.5. The Bertz CT molecular complexity index is 690. The molecule has 0 aliphatic carbocycles. The maximum absolute atomic E-state index is 12.5. The number of aromatic nitrogens is 1. The van der Waals surface area contributed by atoms with Crippen LogP contribution in [0, 0.1) is 13.8 Å². The normalized spacial score (nSPS) is 15.2. The van der Waals surface area contributed by atoms with Gasteiger partial charge in [0.15, 0.2) is 5.69 Å². The van der Waals surface area contributed by atoms with Crippen LogP contribution in [-0.2, 0) is 0 Å². The molecule has 0 saturated carbocycles. The molecule has 0 spiro atoms. The lowest BCUT2D eigenvalue weighted by Crippen LogP contribution is -2.49. The molecule has 22 heavy (non-hydrogen) atoms. The van der Waals surface area contributed by atoms with Crippen molar-refractivity contribution in [2.24, 2.45) is 0 Å². The summed E-state index contributed by atoms with van der Waals surface area (Å²) < 4.78 is 5.09. The van der Waals surface area contributed by atoms with Crippen LogP contribution in [0.3, 0.4) is 0 Å². The van der Waals surface area contributed by atoms with Crippen molar-refractivity contribution in [1.82, 2.24) is 10.1 Å². The third kappa shape index (κ3) is 2.81. The molecule has 1 aliphatic rings. The second-order valence-electron chi connectivity index (χ2n) is 5.47. The monoisotopic (exact) mass is 319 g/mol. The highest BCUT2D eigenvalue weighted by Gasteiger charge is 2.26. The summed E-state index contributed by atoms with van der Waals surface area (Å²) in [6.45, 7) is 6.56. The van der Waals surface area contributed by atoms with Crippen molar-refractivity contribution in [1.29, 1.82) is 0 Å². The molecular weight excluding hydrogens is 302 g/mol. The minimum Gasteiger partial charge on any atom is -0.368 e. The van der Waals surface area contributed by atoms with E-state index in [0.717, 1.165) is 29.4 Å². The zero-order valence-electron chi connectivity index (χ0n) is 12.7. The van der Waals surface area contributed by atoms with E-state index in [1.807, 2.05) is 43.0 Å². The van der Waals surface area contributed by atoms with Crippen molar-refractivity contribution in [2.45, 2.75) is 13.8 Å². The first-order valence-electron chi connectivity index (χ1n) is 7.29. The lowest BCUT2D eigenvalue weighted by atomic mass is 10.2. The summed E-state index contributed by atoms with van der Waals surface area (Å²) in [6, 6.07) is 7.79. The number of anilines is 1. The van der Waals surface area contributed by atoms with Gasteiger partial charge < -0.3 is 14.3 Å². The Hall–Kier alpha value is -2.01. The first-order chi connectivity index (χ1) is 10.6. The van der Waals surface area contributed by atoms with Gasteiger partial charge in [0, 0.05) is 42.5 Å². The van der Waals surface area contributed by atoms with Crippen LogP contribution in [-0.4, -0.2) is 42.1 Å².